The van der Waals surface area contributed by atoms with Crippen molar-refractivity contribution in [2.75, 3.05) is 0 Å². The minimum atomic E-state index is -0.406. The van der Waals surface area contributed by atoms with Crippen LogP contribution in [0.2, 0.25) is 0 Å². The zero-order chi connectivity index (χ0) is 9.23. The van der Waals surface area contributed by atoms with Crippen molar-refractivity contribution >= 4 is 0 Å². The van der Waals surface area contributed by atoms with E-state index in [1.165, 1.54) is 25.7 Å². The largest absolute Gasteiger partial charge is 0.380 e. The van der Waals surface area contributed by atoms with E-state index in [0.29, 0.717) is 0 Å². The minimum absolute atomic E-state index is 0.406. The van der Waals surface area contributed by atoms with Crippen molar-refractivity contribution in [1.29, 1.82) is 0 Å². The summed E-state index contributed by atoms with van der Waals surface area (Å²) in [4.78, 5) is 0. The molecule has 0 heterocycles. The SMILES string of the molecule is CCCCCCC#CC(O)CC. The van der Waals surface area contributed by atoms with E-state index in [1.807, 2.05) is 6.92 Å². The van der Waals surface area contributed by atoms with Crippen LogP contribution in [0.1, 0.15) is 52.4 Å². The summed E-state index contributed by atoms with van der Waals surface area (Å²) in [5, 5.41) is 9.09. The Morgan fingerprint density at radius 2 is 1.92 bits per heavy atom. The fourth-order valence-electron chi connectivity index (χ4n) is 0.932. The number of hydrogen-bond acceptors (Lipinski definition) is 1. The number of hydrogen-bond donors (Lipinski definition) is 1. The predicted molar refractivity (Wildman–Crippen MR) is 52.8 cm³/mol. The Morgan fingerprint density at radius 3 is 2.50 bits per heavy atom. The molecule has 0 aromatic heterocycles. The standard InChI is InChI=1S/C11H20O/c1-3-5-6-7-8-9-10-11(12)4-2/h11-12H,3-8H2,1-2H3. The van der Waals surface area contributed by atoms with Gasteiger partial charge in [-0.2, -0.15) is 0 Å². The molecule has 0 bridgehead atoms. The molecule has 0 fully saturated rings. The highest BCUT2D eigenvalue weighted by Gasteiger charge is 1.90. The zero-order valence-corrected chi connectivity index (χ0v) is 8.27. The molecule has 1 N–H and O–H groups in total. The highest BCUT2D eigenvalue weighted by Crippen LogP contribution is 2.01. The molecule has 12 heavy (non-hydrogen) atoms. The van der Waals surface area contributed by atoms with Crippen molar-refractivity contribution in [3.05, 3.63) is 0 Å². The molecule has 1 heteroatoms. The van der Waals surface area contributed by atoms with Gasteiger partial charge in [0, 0.05) is 6.42 Å². The summed E-state index contributed by atoms with van der Waals surface area (Å²) in [5.41, 5.74) is 0. The minimum Gasteiger partial charge on any atom is -0.380 e. The van der Waals surface area contributed by atoms with Gasteiger partial charge in [-0.1, -0.05) is 39.0 Å². The van der Waals surface area contributed by atoms with E-state index in [4.69, 9.17) is 5.11 Å². The van der Waals surface area contributed by atoms with Gasteiger partial charge in [0.25, 0.3) is 0 Å². The van der Waals surface area contributed by atoms with Crippen molar-refractivity contribution in [2.45, 2.75) is 58.5 Å². The van der Waals surface area contributed by atoms with Crippen LogP contribution in [0.3, 0.4) is 0 Å². The van der Waals surface area contributed by atoms with Gasteiger partial charge in [0.2, 0.25) is 0 Å². The molecular formula is C11H20O. The van der Waals surface area contributed by atoms with Crippen molar-refractivity contribution in [1.82, 2.24) is 0 Å². The molecule has 0 amide bonds. The van der Waals surface area contributed by atoms with E-state index < -0.39 is 6.10 Å². The van der Waals surface area contributed by atoms with Gasteiger partial charge in [-0.25, -0.2) is 0 Å². The topological polar surface area (TPSA) is 20.2 Å². The first-order valence-corrected chi connectivity index (χ1v) is 4.97. The Hall–Kier alpha value is -0.480. The van der Waals surface area contributed by atoms with Crippen LogP contribution in [0, 0.1) is 11.8 Å². The first-order chi connectivity index (χ1) is 5.81. The molecule has 0 aliphatic rings. The van der Waals surface area contributed by atoms with Gasteiger partial charge < -0.3 is 5.11 Å². The van der Waals surface area contributed by atoms with Crippen LogP contribution in [0.15, 0.2) is 0 Å². The fourth-order valence-corrected chi connectivity index (χ4v) is 0.932. The molecule has 0 radical (unpaired) electrons. The van der Waals surface area contributed by atoms with Crippen molar-refractivity contribution in [3.63, 3.8) is 0 Å². The third-order valence-electron chi connectivity index (χ3n) is 1.81. The maximum atomic E-state index is 9.09. The Bertz CT molecular complexity index is 141. The summed E-state index contributed by atoms with van der Waals surface area (Å²) in [6, 6.07) is 0. The maximum Gasteiger partial charge on any atom is 0.114 e. The Morgan fingerprint density at radius 1 is 1.17 bits per heavy atom. The van der Waals surface area contributed by atoms with Crippen LogP contribution in [-0.4, -0.2) is 11.2 Å². The van der Waals surface area contributed by atoms with Gasteiger partial charge in [-0.05, 0) is 12.8 Å². The average molecular weight is 168 g/mol. The van der Waals surface area contributed by atoms with E-state index >= 15 is 0 Å². The monoisotopic (exact) mass is 168 g/mol. The van der Waals surface area contributed by atoms with Crippen molar-refractivity contribution in [2.24, 2.45) is 0 Å². The van der Waals surface area contributed by atoms with Gasteiger partial charge in [0.05, 0.1) is 0 Å². The molecule has 0 saturated carbocycles. The van der Waals surface area contributed by atoms with Gasteiger partial charge in [-0.15, -0.1) is 5.92 Å². The molecule has 0 rings (SSSR count). The zero-order valence-electron chi connectivity index (χ0n) is 8.27. The normalized spacial score (nSPS) is 11.9. The lowest BCUT2D eigenvalue weighted by atomic mass is 10.1. The highest BCUT2D eigenvalue weighted by atomic mass is 16.3. The fraction of sp³-hybridized carbons (Fsp3) is 0.818. The van der Waals surface area contributed by atoms with E-state index in [2.05, 4.69) is 18.8 Å². The first-order valence-electron chi connectivity index (χ1n) is 4.97. The van der Waals surface area contributed by atoms with Crippen LogP contribution in [0.25, 0.3) is 0 Å². The van der Waals surface area contributed by atoms with Crippen LogP contribution in [0.4, 0.5) is 0 Å². The van der Waals surface area contributed by atoms with Crippen LogP contribution in [-0.2, 0) is 0 Å². The molecule has 0 aliphatic carbocycles. The molecule has 1 unspecified atom stereocenters. The van der Waals surface area contributed by atoms with E-state index in [-0.39, 0.29) is 0 Å². The first kappa shape index (κ1) is 11.5. The molecule has 0 saturated heterocycles. The van der Waals surface area contributed by atoms with E-state index in [9.17, 15) is 0 Å². The smallest absolute Gasteiger partial charge is 0.114 e. The average Bonchev–Trinajstić information content (AvgIpc) is 2.10. The summed E-state index contributed by atoms with van der Waals surface area (Å²) in [6.07, 6.45) is 6.29. The molecule has 0 aromatic carbocycles. The second-order valence-corrected chi connectivity index (χ2v) is 3.06. The Labute approximate surface area is 76.2 Å². The lowest BCUT2D eigenvalue weighted by Gasteiger charge is -1.95. The van der Waals surface area contributed by atoms with Gasteiger partial charge in [0.15, 0.2) is 0 Å². The molecule has 70 valence electrons. The van der Waals surface area contributed by atoms with E-state index in [0.717, 1.165) is 12.8 Å². The highest BCUT2D eigenvalue weighted by molar-refractivity contribution is 5.03. The lowest BCUT2D eigenvalue weighted by Crippen LogP contribution is -1.98. The Balaban J connectivity index is 3.21. The molecule has 0 spiro atoms. The van der Waals surface area contributed by atoms with Crippen LogP contribution in [0.5, 0.6) is 0 Å². The Kier molecular flexibility index (Phi) is 8.27. The number of aliphatic hydroxyl groups excluding tert-OH is 1. The van der Waals surface area contributed by atoms with Crippen molar-refractivity contribution < 1.29 is 5.11 Å². The number of aliphatic hydroxyl groups is 1. The van der Waals surface area contributed by atoms with Gasteiger partial charge in [0.1, 0.15) is 6.10 Å². The van der Waals surface area contributed by atoms with Gasteiger partial charge in [-0.3, -0.25) is 0 Å². The second kappa shape index (κ2) is 8.62. The summed E-state index contributed by atoms with van der Waals surface area (Å²) in [5.74, 6) is 5.81. The van der Waals surface area contributed by atoms with Crippen molar-refractivity contribution in [3.8, 4) is 11.8 Å². The third kappa shape index (κ3) is 7.63. The molecule has 0 aromatic rings. The van der Waals surface area contributed by atoms with Crippen LogP contribution < -0.4 is 0 Å². The number of rotatable bonds is 5. The molecular weight excluding hydrogens is 148 g/mol. The second-order valence-electron chi connectivity index (χ2n) is 3.06. The summed E-state index contributed by atoms with van der Waals surface area (Å²) in [7, 11) is 0. The van der Waals surface area contributed by atoms with Crippen LogP contribution >= 0.6 is 0 Å². The lowest BCUT2D eigenvalue weighted by molar-refractivity contribution is 0.228. The van der Waals surface area contributed by atoms with Gasteiger partial charge >= 0.3 is 0 Å². The summed E-state index contributed by atoms with van der Waals surface area (Å²) >= 11 is 0. The summed E-state index contributed by atoms with van der Waals surface area (Å²) in [6.45, 7) is 4.14. The molecule has 1 atom stereocenters. The molecule has 1 nitrogen and oxygen atoms in total. The summed E-state index contributed by atoms with van der Waals surface area (Å²) < 4.78 is 0. The molecule has 0 aliphatic heterocycles. The third-order valence-corrected chi connectivity index (χ3v) is 1.81. The maximum absolute atomic E-state index is 9.09. The quantitative estimate of drug-likeness (QED) is 0.494. The van der Waals surface area contributed by atoms with E-state index in [1.54, 1.807) is 0 Å². The predicted octanol–water partition coefficient (Wildman–Crippen LogP) is 2.73. The number of unbranched alkanes of at least 4 members (excludes halogenated alkanes) is 4.